The van der Waals surface area contributed by atoms with E-state index in [1.807, 2.05) is 0 Å². The molecule has 0 saturated carbocycles. The average molecular weight is 324 g/mol. The minimum absolute atomic E-state index is 0.0647. The highest BCUT2D eigenvalue weighted by atomic mass is 19.3. The van der Waals surface area contributed by atoms with Gasteiger partial charge in [0.05, 0.1) is 5.56 Å². The molecule has 2 rings (SSSR count). The summed E-state index contributed by atoms with van der Waals surface area (Å²) in [4.78, 5) is 23.8. The van der Waals surface area contributed by atoms with Gasteiger partial charge in [-0.05, 0) is 44.2 Å². The summed E-state index contributed by atoms with van der Waals surface area (Å²) in [7, 11) is 0. The minimum Gasteiger partial charge on any atom is -0.466 e. The van der Waals surface area contributed by atoms with E-state index in [-0.39, 0.29) is 11.3 Å². The summed E-state index contributed by atoms with van der Waals surface area (Å²) in [6, 6.07) is 6.60. The summed E-state index contributed by atoms with van der Waals surface area (Å²) in [5.74, 6) is -0.174. The first-order valence-electron chi connectivity index (χ1n) is 6.59. The van der Waals surface area contributed by atoms with Crippen LogP contribution in [0.15, 0.2) is 34.7 Å². The number of carbonyl (C=O) groups is 2. The predicted molar refractivity (Wildman–Crippen MR) is 76.2 cm³/mol. The number of halogens is 2. The van der Waals surface area contributed by atoms with E-state index in [0.717, 1.165) is 0 Å². The number of ether oxygens (including phenoxy) is 1. The molecule has 6 nitrogen and oxygen atoms in total. The van der Waals surface area contributed by atoms with Crippen molar-refractivity contribution in [1.82, 2.24) is 10.9 Å². The Hall–Kier alpha value is -2.90. The molecule has 23 heavy (non-hydrogen) atoms. The van der Waals surface area contributed by atoms with Crippen molar-refractivity contribution in [2.24, 2.45) is 0 Å². The van der Waals surface area contributed by atoms with Gasteiger partial charge in [-0.1, -0.05) is 0 Å². The van der Waals surface area contributed by atoms with E-state index < -0.39 is 18.4 Å². The third-order valence-corrected chi connectivity index (χ3v) is 2.92. The molecule has 2 N–H and O–H groups in total. The molecule has 0 aliphatic rings. The highest BCUT2D eigenvalue weighted by molar-refractivity contribution is 5.99. The zero-order valence-electron chi connectivity index (χ0n) is 12.4. The molecule has 0 spiro atoms. The lowest BCUT2D eigenvalue weighted by molar-refractivity contribution is -0.0498. The maximum atomic E-state index is 12.0. The zero-order valence-corrected chi connectivity index (χ0v) is 12.4. The molecule has 8 heteroatoms. The summed E-state index contributed by atoms with van der Waals surface area (Å²) in [6.07, 6.45) is 0. The summed E-state index contributed by atoms with van der Waals surface area (Å²) >= 11 is 0. The molecule has 0 radical (unpaired) electrons. The standard InChI is InChI=1S/C15H14F2N2O4/c1-8-7-12(9(2)22-8)14(21)19-18-13(20)10-3-5-11(6-4-10)23-15(16)17/h3-7,15H,1-2H3,(H,18,20)(H,19,21). The van der Waals surface area contributed by atoms with Crippen LogP contribution in [0.2, 0.25) is 0 Å². The largest absolute Gasteiger partial charge is 0.466 e. The fourth-order valence-corrected chi connectivity index (χ4v) is 1.90. The second-order valence-corrected chi connectivity index (χ2v) is 4.64. The van der Waals surface area contributed by atoms with E-state index in [4.69, 9.17) is 4.42 Å². The first-order valence-corrected chi connectivity index (χ1v) is 6.59. The van der Waals surface area contributed by atoms with Crippen LogP contribution in [-0.2, 0) is 0 Å². The Morgan fingerprint density at radius 3 is 2.22 bits per heavy atom. The molecule has 0 saturated heterocycles. The van der Waals surface area contributed by atoms with E-state index in [2.05, 4.69) is 15.6 Å². The fourth-order valence-electron chi connectivity index (χ4n) is 1.90. The topological polar surface area (TPSA) is 80.6 Å². The Bertz CT molecular complexity index is 711. The van der Waals surface area contributed by atoms with Crippen molar-refractivity contribution in [3.05, 3.63) is 53.0 Å². The van der Waals surface area contributed by atoms with Gasteiger partial charge in [0.2, 0.25) is 0 Å². The van der Waals surface area contributed by atoms with Crippen molar-refractivity contribution in [3.8, 4) is 5.75 Å². The number of rotatable bonds is 4. The number of aryl methyl sites for hydroxylation is 2. The number of amides is 2. The van der Waals surface area contributed by atoms with E-state index in [0.29, 0.717) is 17.1 Å². The number of carbonyl (C=O) groups excluding carboxylic acids is 2. The molecule has 1 aromatic carbocycles. The Kier molecular flexibility index (Phi) is 4.95. The highest BCUT2D eigenvalue weighted by Crippen LogP contribution is 2.15. The summed E-state index contributed by atoms with van der Waals surface area (Å²) in [5.41, 5.74) is 4.96. The lowest BCUT2D eigenvalue weighted by atomic mass is 10.2. The van der Waals surface area contributed by atoms with Gasteiger partial charge >= 0.3 is 6.61 Å². The number of nitrogens with one attached hydrogen (secondary N) is 2. The fraction of sp³-hybridized carbons (Fsp3) is 0.200. The third kappa shape index (κ3) is 4.29. The van der Waals surface area contributed by atoms with Crippen molar-refractivity contribution in [2.75, 3.05) is 0 Å². The molecular weight excluding hydrogens is 310 g/mol. The van der Waals surface area contributed by atoms with Crippen LogP contribution in [0.5, 0.6) is 5.75 Å². The van der Waals surface area contributed by atoms with Crippen LogP contribution in [0.3, 0.4) is 0 Å². The number of benzene rings is 1. The van der Waals surface area contributed by atoms with Gasteiger partial charge in [-0.2, -0.15) is 8.78 Å². The molecule has 0 unspecified atom stereocenters. The Morgan fingerprint density at radius 1 is 1.09 bits per heavy atom. The number of alkyl halides is 2. The quantitative estimate of drug-likeness (QED) is 0.847. The van der Waals surface area contributed by atoms with Gasteiger partial charge in [-0.3, -0.25) is 20.4 Å². The van der Waals surface area contributed by atoms with Crippen LogP contribution < -0.4 is 15.6 Å². The number of hydrogen-bond donors (Lipinski definition) is 2. The Balaban J connectivity index is 1.94. The van der Waals surface area contributed by atoms with Crippen LogP contribution in [0.4, 0.5) is 8.78 Å². The lowest BCUT2D eigenvalue weighted by Gasteiger charge is -2.08. The molecule has 1 heterocycles. The zero-order chi connectivity index (χ0) is 17.0. The maximum absolute atomic E-state index is 12.0. The van der Waals surface area contributed by atoms with Crippen LogP contribution >= 0.6 is 0 Å². The lowest BCUT2D eigenvalue weighted by Crippen LogP contribution is -2.41. The van der Waals surface area contributed by atoms with Gasteiger partial charge < -0.3 is 9.15 Å². The third-order valence-electron chi connectivity index (χ3n) is 2.92. The van der Waals surface area contributed by atoms with E-state index >= 15 is 0 Å². The monoisotopic (exact) mass is 324 g/mol. The average Bonchev–Trinajstić information content (AvgIpc) is 2.83. The van der Waals surface area contributed by atoms with Crippen LogP contribution in [-0.4, -0.2) is 18.4 Å². The molecular formula is C15H14F2N2O4. The van der Waals surface area contributed by atoms with Crippen molar-refractivity contribution in [1.29, 1.82) is 0 Å². The molecule has 122 valence electrons. The van der Waals surface area contributed by atoms with Gasteiger partial charge in [0.15, 0.2) is 0 Å². The first kappa shape index (κ1) is 16.5. The molecule has 0 aliphatic carbocycles. The Morgan fingerprint density at radius 2 is 1.70 bits per heavy atom. The van der Waals surface area contributed by atoms with Crippen LogP contribution in [0, 0.1) is 13.8 Å². The summed E-state index contributed by atoms with van der Waals surface area (Å²) in [5, 5.41) is 0. The second kappa shape index (κ2) is 6.91. The van der Waals surface area contributed by atoms with E-state index in [1.165, 1.54) is 24.3 Å². The van der Waals surface area contributed by atoms with Crippen molar-refractivity contribution in [3.63, 3.8) is 0 Å². The molecule has 1 aromatic heterocycles. The Labute approximate surface area is 130 Å². The predicted octanol–water partition coefficient (Wildman–Crippen LogP) is 2.57. The molecule has 0 bridgehead atoms. The van der Waals surface area contributed by atoms with Gasteiger partial charge in [0, 0.05) is 5.56 Å². The van der Waals surface area contributed by atoms with Crippen LogP contribution in [0.25, 0.3) is 0 Å². The van der Waals surface area contributed by atoms with Crippen LogP contribution in [0.1, 0.15) is 32.2 Å². The highest BCUT2D eigenvalue weighted by Gasteiger charge is 2.14. The summed E-state index contributed by atoms with van der Waals surface area (Å²) < 4.78 is 33.5. The number of hydrazine groups is 1. The summed E-state index contributed by atoms with van der Waals surface area (Å²) in [6.45, 7) is 0.396. The first-order chi connectivity index (χ1) is 10.9. The molecule has 0 aliphatic heterocycles. The minimum atomic E-state index is -2.93. The maximum Gasteiger partial charge on any atom is 0.387 e. The van der Waals surface area contributed by atoms with Crippen molar-refractivity contribution >= 4 is 11.8 Å². The van der Waals surface area contributed by atoms with Gasteiger partial charge in [-0.25, -0.2) is 0 Å². The van der Waals surface area contributed by atoms with E-state index in [1.54, 1.807) is 19.9 Å². The van der Waals surface area contributed by atoms with Gasteiger partial charge in [-0.15, -0.1) is 0 Å². The smallest absolute Gasteiger partial charge is 0.387 e. The van der Waals surface area contributed by atoms with Gasteiger partial charge in [0.25, 0.3) is 11.8 Å². The molecule has 2 aromatic rings. The van der Waals surface area contributed by atoms with Crippen molar-refractivity contribution < 1.29 is 27.5 Å². The SMILES string of the molecule is Cc1cc(C(=O)NNC(=O)c2ccc(OC(F)F)cc2)c(C)o1. The molecule has 0 fully saturated rings. The molecule has 0 atom stereocenters. The van der Waals surface area contributed by atoms with Gasteiger partial charge in [0.1, 0.15) is 17.3 Å². The number of hydrogen-bond acceptors (Lipinski definition) is 4. The second-order valence-electron chi connectivity index (χ2n) is 4.64. The normalized spacial score (nSPS) is 10.5. The molecule has 2 amide bonds. The van der Waals surface area contributed by atoms with Crippen molar-refractivity contribution in [2.45, 2.75) is 20.5 Å². The number of furan rings is 1. The van der Waals surface area contributed by atoms with E-state index in [9.17, 15) is 18.4 Å².